The van der Waals surface area contributed by atoms with Crippen molar-refractivity contribution in [2.24, 2.45) is 11.5 Å². The number of nitrogens with two attached hydrogens (primary N) is 2. The first-order valence-corrected chi connectivity index (χ1v) is 6.22. The lowest BCUT2D eigenvalue weighted by atomic mass is 10.1. The van der Waals surface area contributed by atoms with Crippen LogP contribution in [0.1, 0.15) is 35.2 Å². The zero-order valence-electron chi connectivity index (χ0n) is 10.6. The van der Waals surface area contributed by atoms with Crippen LogP contribution < -0.4 is 16.2 Å². The topological polar surface area (TPSA) is 78.3 Å². The first-order chi connectivity index (χ1) is 9.29. The highest BCUT2D eigenvalue weighted by atomic mass is 19.4. The fourth-order valence-electron chi connectivity index (χ4n) is 2.32. The molecule has 0 aromatic heterocycles. The number of hydrogen-bond donors (Lipinski definition) is 2. The Hall–Kier alpha value is -1.76. The smallest absolute Gasteiger partial charge is 0.417 e. The van der Waals surface area contributed by atoms with Crippen molar-refractivity contribution in [3.63, 3.8) is 0 Å². The Labute approximate surface area is 113 Å². The third-order valence-corrected chi connectivity index (χ3v) is 3.35. The second-order valence-electron chi connectivity index (χ2n) is 4.82. The molecule has 0 bridgehead atoms. The van der Waals surface area contributed by atoms with Gasteiger partial charge in [0.15, 0.2) is 0 Å². The number of benzene rings is 1. The molecule has 1 aromatic carbocycles. The van der Waals surface area contributed by atoms with Gasteiger partial charge in [-0.25, -0.2) is 0 Å². The predicted molar refractivity (Wildman–Crippen MR) is 66.2 cm³/mol. The molecule has 1 fully saturated rings. The zero-order chi connectivity index (χ0) is 14.9. The van der Waals surface area contributed by atoms with E-state index in [1.165, 1.54) is 6.07 Å². The van der Waals surface area contributed by atoms with Crippen LogP contribution in [0.4, 0.5) is 13.2 Å². The molecule has 2 rings (SSSR count). The van der Waals surface area contributed by atoms with Crippen molar-refractivity contribution in [1.29, 1.82) is 0 Å². The van der Waals surface area contributed by atoms with Crippen molar-refractivity contribution in [3.05, 3.63) is 29.3 Å². The maximum Gasteiger partial charge on any atom is 0.417 e. The van der Waals surface area contributed by atoms with Crippen LogP contribution >= 0.6 is 0 Å². The van der Waals surface area contributed by atoms with Gasteiger partial charge in [-0.3, -0.25) is 4.79 Å². The third kappa shape index (κ3) is 3.04. The third-order valence-electron chi connectivity index (χ3n) is 3.35. The van der Waals surface area contributed by atoms with E-state index >= 15 is 0 Å². The van der Waals surface area contributed by atoms with E-state index in [1.54, 1.807) is 0 Å². The molecule has 4 N–H and O–H groups in total. The monoisotopic (exact) mass is 288 g/mol. The highest BCUT2D eigenvalue weighted by Gasteiger charge is 2.35. The van der Waals surface area contributed by atoms with E-state index in [0.717, 1.165) is 25.0 Å². The van der Waals surface area contributed by atoms with Crippen molar-refractivity contribution in [2.75, 3.05) is 0 Å². The van der Waals surface area contributed by atoms with E-state index in [9.17, 15) is 18.0 Å². The van der Waals surface area contributed by atoms with Crippen molar-refractivity contribution in [3.8, 4) is 5.75 Å². The Balaban J connectivity index is 2.30. The minimum atomic E-state index is -4.67. The number of primary amides is 1. The van der Waals surface area contributed by atoms with Crippen molar-refractivity contribution in [1.82, 2.24) is 0 Å². The van der Waals surface area contributed by atoms with Crippen LogP contribution in [-0.4, -0.2) is 18.1 Å². The quantitative estimate of drug-likeness (QED) is 0.893. The van der Waals surface area contributed by atoms with E-state index in [0.29, 0.717) is 6.42 Å². The van der Waals surface area contributed by atoms with Gasteiger partial charge < -0.3 is 16.2 Å². The Bertz CT molecular complexity index is 517. The second kappa shape index (κ2) is 5.32. The fraction of sp³-hybridized carbons (Fsp3) is 0.462. The molecule has 1 saturated carbocycles. The molecule has 1 amide bonds. The molecular weight excluding hydrogens is 273 g/mol. The zero-order valence-corrected chi connectivity index (χ0v) is 10.6. The van der Waals surface area contributed by atoms with E-state index in [2.05, 4.69) is 0 Å². The van der Waals surface area contributed by atoms with Gasteiger partial charge in [0.2, 0.25) is 5.91 Å². The lowest BCUT2D eigenvalue weighted by molar-refractivity contribution is -0.138. The number of rotatable bonds is 3. The van der Waals surface area contributed by atoms with Crippen molar-refractivity contribution < 1.29 is 22.7 Å². The SMILES string of the molecule is NC(=O)c1ccc(OC2CCCC2N)cc1C(F)(F)F. The van der Waals surface area contributed by atoms with Crippen molar-refractivity contribution in [2.45, 2.75) is 37.6 Å². The molecule has 110 valence electrons. The number of ether oxygens (including phenoxy) is 1. The summed E-state index contributed by atoms with van der Waals surface area (Å²) in [6.45, 7) is 0. The lowest BCUT2D eigenvalue weighted by Gasteiger charge is -2.19. The normalized spacial score (nSPS) is 22.8. The summed E-state index contributed by atoms with van der Waals surface area (Å²) in [5.41, 5.74) is 9.10. The largest absolute Gasteiger partial charge is 0.489 e. The fourth-order valence-corrected chi connectivity index (χ4v) is 2.32. The summed E-state index contributed by atoms with van der Waals surface area (Å²) >= 11 is 0. The van der Waals surface area contributed by atoms with Gasteiger partial charge in [-0.1, -0.05) is 0 Å². The maximum absolute atomic E-state index is 12.9. The number of halogens is 3. The average Bonchev–Trinajstić information content (AvgIpc) is 2.73. The minimum Gasteiger partial charge on any atom is -0.489 e. The first kappa shape index (κ1) is 14.6. The van der Waals surface area contributed by atoms with Gasteiger partial charge in [-0.2, -0.15) is 13.2 Å². The summed E-state index contributed by atoms with van der Waals surface area (Å²) < 4.78 is 44.2. The Morgan fingerprint density at radius 2 is 2.00 bits per heavy atom. The second-order valence-corrected chi connectivity index (χ2v) is 4.82. The molecule has 0 spiro atoms. The number of carbonyl (C=O) groups excluding carboxylic acids is 1. The Morgan fingerprint density at radius 3 is 2.50 bits per heavy atom. The molecule has 7 heteroatoms. The highest BCUT2D eigenvalue weighted by molar-refractivity contribution is 5.94. The van der Waals surface area contributed by atoms with Crippen LogP contribution in [-0.2, 0) is 6.18 Å². The van der Waals surface area contributed by atoms with Gasteiger partial charge in [0.1, 0.15) is 11.9 Å². The number of amides is 1. The van der Waals surface area contributed by atoms with Gasteiger partial charge in [-0.15, -0.1) is 0 Å². The molecule has 2 atom stereocenters. The predicted octanol–water partition coefficient (Wildman–Crippen LogP) is 2.06. The number of carbonyl (C=O) groups is 1. The summed E-state index contributed by atoms with van der Waals surface area (Å²) in [6, 6.07) is 2.95. The van der Waals surface area contributed by atoms with E-state index in [1.807, 2.05) is 0 Å². The molecule has 4 nitrogen and oxygen atoms in total. The lowest BCUT2D eigenvalue weighted by Crippen LogP contribution is -2.33. The molecule has 0 aliphatic heterocycles. The van der Waals surface area contributed by atoms with Crippen LogP contribution in [0.3, 0.4) is 0 Å². The van der Waals surface area contributed by atoms with Gasteiger partial charge >= 0.3 is 6.18 Å². The standard InChI is InChI=1S/C13H15F3N2O2/c14-13(15,16)9-6-7(4-5-8(9)12(18)19)20-11-3-1-2-10(11)17/h4-6,10-11H,1-3,17H2,(H2,18,19). The molecule has 0 radical (unpaired) electrons. The van der Waals surface area contributed by atoms with Crippen molar-refractivity contribution >= 4 is 5.91 Å². The molecule has 1 aliphatic rings. The van der Waals surface area contributed by atoms with Crippen LogP contribution in [0.2, 0.25) is 0 Å². The van der Waals surface area contributed by atoms with Crippen LogP contribution in [0, 0.1) is 0 Å². The van der Waals surface area contributed by atoms with Crippen LogP contribution in [0.15, 0.2) is 18.2 Å². The molecule has 20 heavy (non-hydrogen) atoms. The summed E-state index contributed by atoms with van der Waals surface area (Å²) in [6.07, 6.45) is -2.58. The van der Waals surface area contributed by atoms with Crippen LogP contribution in [0.25, 0.3) is 0 Å². The number of alkyl halides is 3. The average molecular weight is 288 g/mol. The van der Waals surface area contributed by atoms with Gasteiger partial charge in [0, 0.05) is 6.04 Å². The molecule has 1 aliphatic carbocycles. The summed E-state index contributed by atoms with van der Waals surface area (Å²) in [5, 5.41) is 0. The Morgan fingerprint density at radius 1 is 1.30 bits per heavy atom. The molecule has 2 unspecified atom stereocenters. The summed E-state index contributed by atoms with van der Waals surface area (Å²) in [5.74, 6) is -1.08. The molecule has 0 heterocycles. The first-order valence-electron chi connectivity index (χ1n) is 6.22. The highest BCUT2D eigenvalue weighted by Crippen LogP contribution is 2.35. The summed E-state index contributed by atoms with van der Waals surface area (Å²) in [4.78, 5) is 11.0. The number of hydrogen-bond acceptors (Lipinski definition) is 3. The minimum absolute atomic E-state index is 0.0460. The Kier molecular flexibility index (Phi) is 3.89. The van der Waals surface area contributed by atoms with Gasteiger partial charge in [0.25, 0.3) is 0 Å². The molecular formula is C13H15F3N2O2. The van der Waals surface area contributed by atoms with E-state index < -0.39 is 23.2 Å². The van der Waals surface area contributed by atoms with Gasteiger partial charge in [-0.05, 0) is 37.5 Å². The molecule has 1 aromatic rings. The van der Waals surface area contributed by atoms with Gasteiger partial charge in [0.05, 0.1) is 11.1 Å². The summed E-state index contributed by atoms with van der Waals surface area (Å²) in [7, 11) is 0. The van der Waals surface area contributed by atoms with Crippen LogP contribution in [0.5, 0.6) is 5.75 Å². The van der Waals surface area contributed by atoms with E-state index in [4.69, 9.17) is 16.2 Å². The molecule has 0 saturated heterocycles. The van der Waals surface area contributed by atoms with E-state index in [-0.39, 0.29) is 17.9 Å². The maximum atomic E-state index is 12.9.